The number of pyridine rings is 1. The molecule has 0 bridgehead atoms. The van der Waals surface area contributed by atoms with Gasteiger partial charge in [0.2, 0.25) is 0 Å². The molecule has 0 unspecified atom stereocenters. The van der Waals surface area contributed by atoms with Crippen LogP contribution >= 0.6 is 23.2 Å². The number of benzene rings is 2. The summed E-state index contributed by atoms with van der Waals surface area (Å²) < 4.78 is 22.2. The zero-order valence-corrected chi connectivity index (χ0v) is 20.6. The minimum absolute atomic E-state index is 0.156. The van der Waals surface area contributed by atoms with Crippen LogP contribution in [0.5, 0.6) is 23.0 Å². The number of rotatable bonds is 7. The molecule has 0 N–H and O–H groups in total. The molecule has 0 aliphatic carbocycles. The number of ether oxygens (including phenoxy) is 4. The fourth-order valence-corrected chi connectivity index (χ4v) is 3.67. The van der Waals surface area contributed by atoms with Gasteiger partial charge in [0.1, 0.15) is 34.1 Å². The summed E-state index contributed by atoms with van der Waals surface area (Å²) in [5.41, 5.74) is 4.10. The number of hydrogen-bond acceptors (Lipinski definition) is 6. The number of aromatic nitrogens is 1. The van der Waals surface area contributed by atoms with Crippen molar-refractivity contribution in [3.63, 3.8) is 0 Å². The molecule has 3 aromatic rings. The zero-order chi connectivity index (χ0) is 24.1. The first kappa shape index (κ1) is 24.7. The second-order valence-corrected chi connectivity index (χ2v) is 8.35. The Kier molecular flexibility index (Phi) is 8.06. The second-order valence-electron chi connectivity index (χ2n) is 7.34. The lowest BCUT2D eigenvalue weighted by Crippen LogP contribution is -2.11. The van der Waals surface area contributed by atoms with Crippen LogP contribution in [0.3, 0.4) is 0 Å². The fraction of sp³-hybridized carbons (Fsp3) is 0.280. The standard InChI is InChI=1S/C25H25Cl2NO5/c1-6-19-15(3)24(33-25(29)30-5)22-16(4)23(14(2)13-20(22)28-19)32-18-9-7-17(8-10-18)31-12-11-21(26)27/h7-11,13H,6,12H2,1-5H3. The Morgan fingerprint density at radius 3 is 2.30 bits per heavy atom. The highest BCUT2D eigenvalue weighted by molar-refractivity contribution is 6.55. The molecule has 0 saturated heterocycles. The Morgan fingerprint density at radius 2 is 1.70 bits per heavy atom. The van der Waals surface area contributed by atoms with E-state index >= 15 is 0 Å². The van der Waals surface area contributed by atoms with Crippen LogP contribution < -0.4 is 14.2 Å². The van der Waals surface area contributed by atoms with Crippen molar-refractivity contribution in [3.05, 3.63) is 63.3 Å². The summed E-state index contributed by atoms with van der Waals surface area (Å²) in [4.78, 5) is 16.7. The van der Waals surface area contributed by atoms with Gasteiger partial charge in [0.05, 0.1) is 18.0 Å². The average Bonchev–Trinajstić information content (AvgIpc) is 2.78. The Hall–Kier alpha value is -2.96. The summed E-state index contributed by atoms with van der Waals surface area (Å²) in [5.74, 6) is 2.37. The minimum Gasteiger partial charge on any atom is -0.489 e. The topological polar surface area (TPSA) is 66.9 Å². The quantitative estimate of drug-likeness (QED) is 0.323. The van der Waals surface area contributed by atoms with Gasteiger partial charge in [-0.25, -0.2) is 4.79 Å². The van der Waals surface area contributed by atoms with E-state index in [9.17, 15) is 4.79 Å². The van der Waals surface area contributed by atoms with Crippen molar-refractivity contribution in [2.75, 3.05) is 13.7 Å². The second kappa shape index (κ2) is 10.8. The van der Waals surface area contributed by atoms with Crippen molar-refractivity contribution in [2.45, 2.75) is 34.1 Å². The molecule has 0 radical (unpaired) electrons. The predicted octanol–water partition coefficient (Wildman–Crippen LogP) is 7.36. The molecular weight excluding hydrogens is 465 g/mol. The van der Waals surface area contributed by atoms with Crippen molar-refractivity contribution in [3.8, 4) is 23.0 Å². The van der Waals surface area contributed by atoms with Gasteiger partial charge in [-0.05, 0) is 69.2 Å². The summed E-state index contributed by atoms with van der Waals surface area (Å²) in [6, 6.07) is 9.13. The van der Waals surface area contributed by atoms with Gasteiger partial charge < -0.3 is 18.9 Å². The van der Waals surface area contributed by atoms with Gasteiger partial charge in [0, 0.05) is 16.8 Å². The monoisotopic (exact) mass is 489 g/mol. The minimum atomic E-state index is -0.781. The van der Waals surface area contributed by atoms with E-state index in [1.807, 2.05) is 33.8 Å². The van der Waals surface area contributed by atoms with E-state index in [1.165, 1.54) is 7.11 Å². The van der Waals surface area contributed by atoms with Gasteiger partial charge in [-0.1, -0.05) is 30.1 Å². The summed E-state index contributed by atoms with van der Waals surface area (Å²) in [7, 11) is 1.28. The molecule has 8 heteroatoms. The molecule has 1 heterocycles. The molecule has 0 aliphatic rings. The maximum absolute atomic E-state index is 11.9. The number of halogens is 2. The summed E-state index contributed by atoms with van der Waals surface area (Å²) >= 11 is 11.2. The summed E-state index contributed by atoms with van der Waals surface area (Å²) in [6.07, 6.45) is 1.48. The first-order valence-corrected chi connectivity index (χ1v) is 11.1. The largest absolute Gasteiger partial charge is 0.513 e. The molecule has 174 valence electrons. The SMILES string of the molecule is CCc1nc2cc(C)c(Oc3ccc(OCC=C(Cl)Cl)cc3)c(C)c2c(OC(=O)OC)c1C. The van der Waals surface area contributed by atoms with E-state index in [4.69, 9.17) is 47.1 Å². The molecule has 0 atom stereocenters. The number of aryl methyl sites for hydroxylation is 3. The van der Waals surface area contributed by atoms with Crippen LogP contribution in [-0.2, 0) is 11.2 Å². The Morgan fingerprint density at radius 1 is 1.03 bits per heavy atom. The van der Waals surface area contributed by atoms with Crippen LogP contribution in [0.2, 0.25) is 0 Å². The Labute approximate surface area is 203 Å². The molecule has 0 fully saturated rings. The van der Waals surface area contributed by atoms with E-state index < -0.39 is 6.16 Å². The lowest BCUT2D eigenvalue weighted by Gasteiger charge is -2.19. The smallest absolute Gasteiger partial charge is 0.489 e. The molecule has 1 aromatic heterocycles. The van der Waals surface area contributed by atoms with Gasteiger partial charge in [-0.15, -0.1) is 0 Å². The van der Waals surface area contributed by atoms with E-state index in [1.54, 1.807) is 30.3 Å². The predicted molar refractivity (Wildman–Crippen MR) is 130 cm³/mol. The molecule has 0 spiro atoms. The van der Waals surface area contributed by atoms with E-state index in [-0.39, 0.29) is 11.1 Å². The molecular formula is C25H25Cl2NO5. The molecule has 0 aliphatic heterocycles. The third kappa shape index (κ3) is 5.70. The lowest BCUT2D eigenvalue weighted by atomic mass is 9.99. The Bertz CT molecular complexity index is 1200. The van der Waals surface area contributed by atoms with Crippen molar-refractivity contribution < 1.29 is 23.7 Å². The number of carbonyl (C=O) groups excluding carboxylic acids is 1. The normalized spacial score (nSPS) is 10.6. The van der Waals surface area contributed by atoms with Crippen LogP contribution in [0, 0.1) is 20.8 Å². The van der Waals surface area contributed by atoms with Crippen molar-refractivity contribution >= 4 is 40.3 Å². The van der Waals surface area contributed by atoms with Crippen LogP contribution in [0.15, 0.2) is 40.9 Å². The van der Waals surface area contributed by atoms with Crippen LogP contribution in [0.1, 0.15) is 29.3 Å². The third-order valence-electron chi connectivity index (χ3n) is 5.16. The summed E-state index contributed by atoms with van der Waals surface area (Å²) in [6.45, 7) is 8.03. The molecule has 0 saturated carbocycles. The highest BCUT2D eigenvalue weighted by Gasteiger charge is 2.21. The molecule has 0 amide bonds. The lowest BCUT2D eigenvalue weighted by molar-refractivity contribution is 0.121. The van der Waals surface area contributed by atoms with Gasteiger partial charge in [-0.2, -0.15) is 0 Å². The number of carbonyl (C=O) groups is 1. The van der Waals surface area contributed by atoms with E-state index in [0.717, 1.165) is 27.9 Å². The molecule has 3 rings (SSSR count). The Balaban J connectivity index is 2.01. The van der Waals surface area contributed by atoms with Gasteiger partial charge in [0.25, 0.3) is 0 Å². The molecule has 33 heavy (non-hydrogen) atoms. The summed E-state index contributed by atoms with van der Waals surface area (Å²) in [5, 5.41) is 0.709. The van der Waals surface area contributed by atoms with E-state index in [2.05, 4.69) is 0 Å². The zero-order valence-electron chi connectivity index (χ0n) is 19.1. The van der Waals surface area contributed by atoms with Crippen LogP contribution in [-0.4, -0.2) is 24.9 Å². The first-order valence-electron chi connectivity index (χ1n) is 10.4. The van der Waals surface area contributed by atoms with Crippen molar-refractivity contribution in [1.82, 2.24) is 4.98 Å². The maximum Gasteiger partial charge on any atom is 0.513 e. The van der Waals surface area contributed by atoms with Crippen LogP contribution in [0.4, 0.5) is 4.79 Å². The number of nitrogens with zero attached hydrogens (tertiary/aromatic N) is 1. The van der Waals surface area contributed by atoms with Crippen molar-refractivity contribution in [1.29, 1.82) is 0 Å². The van der Waals surface area contributed by atoms with E-state index in [0.29, 0.717) is 34.8 Å². The highest BCUT2D eigenvalue weighted by atomic mass is 35.5. The number of methoxy groups -OCH3 is 1. The highest BCUT2D eigenvalue weighted by Crippen LogP contribution is 2.40. The molecule has 2 aromatic carbocycles. The van der Waals surface area contributed by atoms with Gasteiger partial charge >= 0.3 is 6.16 Å². The third-order valence-corrected chi connectivity index (χ3v) is 5.47. The maximum atomic E-state index is 11.9. The number of hydrogen-bond donors (Lipinski definition) is 0. The van der Waals surface area contributed by atoms with Gasteiger partial charge in [0.15, 0.2) is 0 Å². The van der Waals surface area contributed by atoms with Gasteiger partial charge in [-0.3, -0.25) is 4.98 Å². The number of fused-ring (bicyclic) bond motifs is 1. The fourth-order valence-electron chi connectivity index (χ4n) is 3.54. The van der Waals surface area contributed by atoms with Crippen molar-refractivity contribution in [2.24, 2.45) is 0 Å². The first-order chi connectivity index (χ1) is 15.7. The average molecular weight is 490 g/mol. The van der Waals surface area contributed by atoms with Crippen LogP contribution in [0.25, 0.3) is 10.9 Å². The molecule has 6 nitrogen and oxygen atoms in total.